The summed E-state index contributed by atoms with van der Waals surface area (Å²) in [5.41, 5.74) is 10.5. The fourth-order valence-electron chi connectivity index (χ4n) is 3.48. The van der Waals surface area contributed by atoms with E-state index in [9.17, 15) is 9.59 Å². The van der Waals surface area contributed by atoms with Crippen LogP contribution in [0.25, 0.3) is 10.9 Å². The molecule has 0 unspecified atom stereocenters. The second-order valence-corrected chi connectivity index (χ2v) is 7.06. The molecule has 5 nitrogen and oxygen atoms in total. The van der Waals surface area contributed by atoms with Crippen LogP contribution in [0.3, 0.4) is 0 Å². The van der Waals surface area contributed by atoms with Crippen molar-refractivity contribution in [2.75, 3.05) is 11.1 Å². The van der Waals surface area contributed by atoms with Gasteiger partial charge in [0.15, 0.2) is 0 Å². The van der Waals surface area contributed by atoms with Crippen molar-refractivity contribution in [2.24, 2.45) is 0 Å². The Hall–Kier alpha value is -3.86. The number of para-hydroxylation sites is 1. The molecule has 0 atom stereocenters. The molecule has 0 bridgehead atoms. The van der Waals surface area contributed by atoms with Crippen LogP contribution in [-0.4, -0.2) is 16.4 Å². The van der Waals surface area contributed by atoms with Gasteiger partial charge in [-0.3, -0.25) is 14.2 Å². The number of benzene rings is 3. The van der Waals surface area contributed by atoms with Gasteiger partial charge in [-0.25, -0.2) is 0 Å². The van der Waals surface area contributed by atoms with Crippen LogP contribution in [0.2, 0.25) is 0 Å². The fourth-order valence-corrected chi connectivity index (χ4v) is 3.48. The average molecular weight is 383 g/mol. The van der Waals surface area contributed by atoms with Crippen LogP contribution < -0.4 is 11.1 Å². The Bertz CT molecular complexity index is 1240. The monoisotopic (exact) mass is 383 g/mol. The van der Waals surface area contributed by atoms with Crippen LogP contribution in [0, 0.1) is 13.8 Å². The maximum Gasteiger partial charge on any atom is 0.263 e. The van der Waals surface area contributed by atoms with E-state index in [-0.39, 0.29) is 17.6 Å². The number of nitrogen functional groups attached to an aromatic ring is 1. The van der Waals surface area contributed by atoms with E-state index in [2.05, 4.69) is 5.32 Å². The van der Waals surface area contributed by atoms with E-state index in [1.807, 2.05) is 50.2 Å². The maximum absolute atomic E-state index is 13.2. The number of hydrogen-bond donors (Lipinski definition) is 2. The number of rotatable bonds is 3. The highest BCUT2D eigenvalue weighted by Crippen LogP contribution is 2.30. The topological polar surface area (TPSA) is 77.1 Å². The fraction of sp³-hybridized carbons (Fsp3) is 0.0833. The maximum atomic E-state index is 13.2. The summed E-state index contributed by atoms with van der Waals surface area (Å²) in [7, 11) is 0. The molecule has 0 radical (unpaired) electrons. The number of amides is 1. The molecule has 1 amide bonds. The number of nitrogens with zero attached hydrogens (tertiary/aromatic N) is 1. The van der Waals surface area contributed by atoms with Crippen LogP contribution in [-0.2, 0) is 0 Å². The molecule has 3 N–H and O–H groups in total. The highest BCUT2D eigenvalue weighted by Gasteiger charge is 2.24. The van der Waals surface area contributed by atoms with Gasteiger partial charge in [0, 0.05) is 16.6 Å². The number of aromatic nitrogens is 1. The zero-order chi connectivity index (χ0) is 20.5. The molecule has 0 fully saturated rings. The zero-order valence-electron chi connectivity index (χ0n) is 16.3. The summed E-state index contributed by atoms with van der Waals surface area (Å²) >= 11 is 0. The van der Waals surface area contributed by atoms with Crippen LogP contribution in [0.1, 0.15) is 31.8 Å². The molecule has 0 saturated carbocycles. The Labute approximate surface area is 168 Å². The van der Waals surface area contributed by atoms with Crippen LogP contribution >= 0.6 is 0 Å². The number of nitrogens with two attached hydrogens (primary N) is 1. The van der Waals surface area contributed by atoms with Crippen molar-refractivity contribution in [2.45, 2.75) is 13.8 Å². The number of aryl methyl sites for hydroxylation is 2. The van der Waals surface area contributed by atoms with E-state index in [4.69, 9.17) is 5.73 Å². The van der Waals surface area contributed by atoms with Gasteiger partial charge < -0.3 is 11.1 Å². The number of carbonyl (C=O) groups is 2. The predicted octanol–water partition coefficient (Wildman–Crippen LogP) is 4.78. The molecule has 0 saturated heterocycles. The van der Waals surface area contributed by atoms with Crippen molar-refractivity contribution < 1.29 is 9.59 Å². The third kappa shape index (κ3) is 3.27. The Morgan fingerprint density at radius 3 is 2.34 bits per heavy atom. The van der Waals surface area contributed by atoms with Gasteiger partial charge in [0.25, 0.3) is 11.8 Å². The molecule has 144 valence electrons. The van der Waals surface area contributed by atoms with Crippen molar-refractivity contribution in [1.29, 1.82) is 0 Å². The summed E-state index contributed by atoms with van der Waals surface area (Å²) in [6.07, 6.45) is 0. The van der Waals surface area contributed by atoms with Crippen molar-refractivity contribution in [3.05, 3.63) is 95.1 Å². The van der Waals surface area contributed by atoms with Gasteiger partial charge in [0.05, 0.1) is 11.1 Å². The lowest BCUT2D eigenvalue weighted by molar-refractivity contribution is 0.0967. The summed E-state index contributed by atoms with van der Waals surface area (Å²) in [5.74, 6) is -0.486. The van der Waals surface area contributed by atoms with Crippen molar-refractivity contribution in [3.63, 3.8) is 0 Å². The smallest absolute Gasteiger partial charge is 0.263 e. The zero-order valence-corrected chi connectivity index (χ0v) is 16.3. The second-order valence-electron chi connectivity index (χ2n) is 7.06. The van der Waals surface area contributed by atoms with E-state index in [0.717, 1.165) is 16.8 Å². The second kappa shape index (κ2) is 7.28. The van der Waals surface area contributed by atoms with E-state index < -0.39 is 0 Å². The van der Waals surface area contributed by atoms with Crippen molar-refractivity contribution >= 4 is 34.2 Å². The van der Waals surface area contributed by atoms with Gasteiger partial charge in [-0.2, -0.15) is 0 Å². The molecule has 4 rings (SSSR count). The Morgan fingerprint density at radius 2 is 1.59 bits per heavy atom. The van der Waals surface area contributed by atoms with Gasteiger partial charge in [-0.15, -0.1) is 0 Å². The molecule has 29 heavy (non-hydrogen) atoms. The first-order valence-electron chi connectivity index (χ1n) is 9.34. The first-order chi connectivity index (χ1) is 14.0. The Morgan fingerprint density at radius 1 is 0.897 bits per heavy atom. The van der Waals surface area contributed by atoms with Crippen LogP contribution in [0.5, 0.6) is 0 Å². The minimum absolute atomic E-state index is 0.128. The number of hydrogen-bond acceptors (Lipinski definition) is 3. The molecule has 5 heteroatoms. The predicted molar refractivity (Wildman–Crippen MR) is 116 cm³/mol. The molecule has 1 heterocycles. The molecule has 3 aromatic carbocycles. The van der Waals surface area contributed by atoms with E-state index >= 15 is 0 Å². The Balaban J connectivity index is 1.83. The number of nitrogens with one attached hydrogen (secondary N) is 1. The number of carbonyl (C=O) groups excluding carboxylic acids is 2. The third-order valence-electron chi connectivity index (χ3n) is 5.00. The van der Waals surface area contributed by atoms with Gasteiger partial charge >= 0.3 is 0 Å². The molecule has 0 aliphatic heterocycles. The minimum Gasteiger partial charge on any atom is -0.384 e. The third-order valence-corrected chi connectivity index (χ3v) is 5.00. The summed E-state index contributed by atoms with van der Waals surface area (Å²) < 4.78 is 1.41. The van der Waals surface area contributed by atoms with Crippen LogP contribution in [0.4, 0.5) is 11.5 Å². The molecule has 0 aliphatic carbocycles. The summed E-state index contributed by atoms with van der Waals surface area (Å²) in [6, 6.07) is 22.0. The quantitative estimate of drug-likeness (QED) is 0.534. The standard InChI is InChI=1S/C24H21N3O2/c1-15-12-13-16(2)19(14-15)26-23(28)21-18-10-6-7-11-20(18)27(22(21)25)24(29)17-8-4-3-5-9-17/h3-14H,25H2,1-2H3,(H,26,28). The van der Waals surface area contributed by atoms with E-state index in [1.54, 1.807) is 36.4 Å². The first-order valence-corrected chi connectivity index (χ1v) is 9.34. The largest absolute Gasteiger partial charge is 0.384 e. The van der Waals surface area contributed by atoms with Crippen molar-refractivity contribution in [1.82, 2.24) is 4.57 Å². The summed E-state index contributed by atoms with van der Waals surface area (Å²) in [4.78, 5) is 26.3. The van der Waals surface area contributed by atoms with E-state index in [1.165, 1.54) is 4.57 Å². The lowest BCUT2D eigenvalue weighted by Crippen LogP contribution is -2.18. The Kier molecular flexibility index (Phi) is 4.64. The molecule has 0 spiro atoms. The normalized spacial score (nSPS) is 10.8. The SMILES string of the molecule is Cc1ccc(C)c(NC(=O)c2c(N)n(C(=O)c3ccccc3)c3ccccc23)c1. The molecule has 4 aromatic rings. The molecule has 0 aliphatic rings. The van der Waals surface area contributed by atoms with Gasteiger partial charge in [0.2, 0.25) is 0 Å². The van der Waals surface area contributed by atoms with Gasteiger partial charge in [-0.05, 0) is 49.2 Å². The number of fused-ring (bicyclic) bond motifs is 1. The summed E-state index contributed by atoms with van der Waals surface area (Å²) in [6.45, 7) is 3.90. The average Bonchev–Trinajstić information content (AvgIpc) is 3.02. The highest BCUT2D eigenvalue weighted by atomic mass is 16.2. The lowest BCUT2D eigenvalue weighted by atomic mass is 10.1. The van der Waals surface area contributed by atoms with Gasteiger partial charge in [0.1, 0.15) is 5.82 Å². The van der Waals surface area contributed by atoms with Crippen LogP contribution in [0.15, 0.2) is 72.8 Å². The van der Waals surface area contributed by atoms with Gasteiger partial charge in [-0.1, -0.05) is 48.5 Å². The molecule has 1 aromatic heterocycles. The van der Waals surface area contributed by atoms with Crippen molar-refractivity contribution in [3.8, 4) is 0 Å². The summed E-state index contributed by atoms with van der Waals surface area (Å²) in [5, 5.41) is 3.58. The minimum atomic E-state index is -0.341. The molecular formula is C24H21N3O2. The molecular weight excluding hydrogens is 362 g/mol. The first kappa shape index (κ1) is 18.5. The number of anilines is 2. The highest BCUT2D eigenvalue weighted by molar-refractivity contribution is 6.20. The van der Waals surface area contributed by atoms with E-state index in [0.29, 0.717) is 22.0 Å². The lowest BCUT2D eigenvalue weighted by Gasteiger charge is -2.10.